The first kappa shape index (κ1) is 11.8. The number of methoxy groups -OCH3 is 1. The van der Waals surface area contributed by atoms with Gasteiger partial charge < -0.3 is 14.8 Å². The molecule has 1 fully saturated rings. The van der Waals surface area contributed by atoms with E-state index >= 15 is 0 Å². The molecule has 0 aromatic carbocycles. The fourth-order valence-corrected chi connectivity index (χ4v) is 1.66. The average molecular weight is 237 g/mol. The summed E-state index contributed by atoms with van der Waals surface area (Å²) in [5.74, 6) is 0.149. The molecule has 1 aromatic rings. The van der Waals surface area contributed by atoms with Crippen molar-refractivity contribution in [3.8, 4) is 0 Å². The van der Waals surface area contributed by atoms with E-state index in [1.165, 1.54) is 7.11 Å². The maximum absolute atomic E-state index is 11.1. The zero-order valence-electron chi connectivity index (χ0n) is 9.68. The summed E-state index contributed by atoms with van der Waals surface area (Å²) in [6.45, 7) is 1.55. The van der Waals surface area contributed by atoms with E-state index < -0.39 is 5.97 Å². The summed E-state index contributed by atoms with van der Waals surface area (Å²) in [6, 6.07) is 3.28. The van der Waals surface area contributed by atoms with Gasteiger partial charge in [-0.1, -0.05) is 0 Å². The number of ether oxygens (including phenoxy) is 2. The van der Waals surface area contributed by atoms with Crippen LogP contribution in [0.2, 0.25) is 0 Å². The van der Waals surface area contributed by atoms with Crippen LogP contribution in [0.3, 0.4) is 0 Å². The number of hydrogen-bond acceptors (Lipinski definition) is 6. The summed E-state index contributed by atoms with van der Waals surface area (Å²) in [7, 11) is 1.31. The largest absolute Gasteiger partial charge is 0.464 e. The van der Waals surface area contributed by atoms with E-state index in [9.17, 15) is 4.79 Å². The van der Waals surface area contributed by atoms with Gasteiger partial charge in [-0.2, -0.15) is 0 Å². The molecule has 0 amide bonds. The van der Waals surface area contributed by atoms with Crippen molar-refractivity contribution in [3.63, 3.8) is 0 Å². The molecule has 1 aliphatic heterocycles. The van der Waals surface area contributed by atoms with E-state index in [2.05, 4.69) is 20.3 Å². The van der Waals surface area contributed by atoms with Crippen LogP contribution < -0.4 is 5.32 Å². The molecule has 0 bridgehead atoms. The second-order valence-electron chi connectivity index (χ2n) is 3.81. The van der Waals surface area contributed by atoms with Gasteiger partial charge in [0.25, 0.3) is 0 Å². The monoisotopic (exact) mass is 237 g/mol. The molecule has 1 atom stereocenters. The Morgan fingerprint density at radius 2 is 2.47 bits per heavy atom. The van der Waals surface area contributed by atoms with Crippen molar-refractivity contribution in [3.05, 3.63) is 17.8 Å². The second-order valence-corrected chi connectivity index (χ2v) is 3.81. The van der Waals surface area contributed by atoms with Crippen LogP contribution in [0.4, 0.5) is 5.82 Å². The third kappa shape index (κ3) is 3.13. The molecule has 17 heavy (non-hydrogen) atoms. The number of rotatable bonds is 4. The molecule has 1 aliphatic rings. The van der Waals surface area contributed by atoms with Crippen LogP contribution >= 0.6 is 0 Å². The van der Waals surface area contributed by atoms with Crippen LogP contribution in [-0.4, -0.2) is 42.5 Å². The first-order valence-corrected chi connectivity index (χ1v) is 5.57. The molecule has 2 rings (SSSR count). The van der Waals surface area contributed by atoms with Gasteiger partial charge in [0.1, 0.15) is 5.82 Å². The van der Waals surface area contributed by atoms with Crippen molar-refractivity contribution in [2.75, 3.05) is 25.6 Å². The molecule has 1 unspecified atom stereocenters. The SMILES string of the molecule is COC(=O)c1ccc(NCC2CCCO2)nn1. The van der Waals surface area contributed by atoms with Crippen molar-refractivity contribution >= 4 is 11.8 Å². The van der Waals surface area contributed by atoms with Gasteiger partial charge in [-0.3, -0.25) is 0 Å². The fourth-order valence-electron chi connectivity index (χ4n) is 1.66. The molecule has 1 saturated heterocycles. The highest BCUT2D eigenvalue weighted by Crippen LogP contribution is 2.12. The van der Waals surface area contributed by atoms with Gasteiger partial charge in [-0.25, -0.2) is 4.79 Å². The maximum Gasteiger partial charge on any atom is 0.358 e. The lowest BCUT2D eigenvalue weighted by Gasteiger charge is -2.10. The Hall–Kier alpha value is -1.69. The van der Waals surface area contributed by atoms with Crippen LogP contribution in [0.5, 0.6) is 0 Å². The highest BCUT2D eigenvalue weighted by atomic mass is 16.5. The molecule has 0 radical (unpaired) electrons. The van der Waals surface area contributed by atoms with E-state index in [1.807, 2.05) is 0 Å². The van der Waals surface area contributed by atoms with E-state index in [4.69, 9.17) is 4.74 Å². The van der Waals surface area contributed by atoms with Gasteiger partial charge in [0.2, 0.25) is 0 Å². The predicted molar refractivity (Wildman–Crippen MR) is 60.8 cm³/mol. The summed E-state index contributed by atoms with van der Waals surface area (Å²) in [6.07, 6.45) is 2.43. The molecule has 1 N–H and O–H groups in total. The Morgan fingerprint density at radius 3 is 3.06 bits per heavy atom. The van der Waals surface area contributed by atoms with Crippen molar-refractivity contribution < 1.29 is 14.3 Å². The van der Waals surface area contributed by atoms with E-state index in [-0.39, 0.29) is 11.8 Å². The fraction of sp³-hybridized carbons (Fsp3) is 0.545. The maximum atomic E-state index is 11.1. The van der Waals surface area contributed by atoms with E-state index in [1.54, 1.807) is 12.1 Å². The van der Waals surface area contributed by atoms with Gasteiger partial charge in [0, 0.05) is 13.2 Å². The predicted octanol–water partition coefficient (Wildman–Crippen LogP) is 0.854. The summed E-state index contributed by atoms with van der Waals surface area (Å²) in [5.41, 5.74) is 0.204. The molecule has 2 heterocycles. The Labute approximate surface area is 99.3 Å². The normalized spacial score (nSPS) is 19.0. The molecule has 92 valence electrons. The third-order valence-corrected chi connectivity index (χ3v) is 2.59. The third-order valence-electron chi connectivity index (χ3n) is 2.59. The smallest absolute Gasteiger partial charge is 0.358 e. The van der Waals surface area contributed by atoms with Crippen LogP contribution in [-0.2, 0) is 9.47 Å². The van der Waals surface area contributed by atoms with Crippen LogP contribution in [0.15, 0.2) is 12.1 Å². The zero-order valence-corrected chi connectivity index (χ0v) is 9.68. The minimum atomic E-state index is -0.483. The summed E-state index contributed by atoms with van der Waals surface area (Å²) >= 11 is 0. The number of nitrogens with one attached hydrogen (secondary N) is 1. The lowest BCUT2D eigenvalue weighted by Crippen LogP contribution is -2.19. The van der Waals surface area contributed by atoms with Crippen LogP contribution in [0.25, 0.3) is 0 Å². The summed E-state index contributed by atoms with van der Waals surface area (Å²) < 4.78 is 10.0. The molecule has 0 aliphatic carbocycles. The van der Waals surface area contributed by atoms with Crippen LogP contribution in [0, 0.1) is 0 Å². The van der Waals surface area contributed by atoms with E-state index in [0.717, 1.165) is 19.4 Å². The lowest BCUT2D eigenvalue weighted by atomic mass is 10.2. The number of anilines is 1. The highest BCUT2D eigenvalue weighted by molar-refractivity contribution is 5.86. The second kappa shape index (κ2) is 5.58. The highest BCUT2D eigenvalue weighted by Gasteiger charge is 2.15. The number of carbonyl (C=O) groups excluding carboxylic acids is 1. The summed E-state index contributed by atoms with van der Waals surface area (Å²) in [4.78, 5) is 11.1. The number of nitrogens with zero attached hydrogens (tertiary/aromatic N) is 2. The van der Waals surface area contributed by atoms with Crippen molar-refractivity contribution in [1.29, 1.82) is 0 Å². The molecule has 1 aromatic heterocycles. The quantitative estimate of drug-likeness (QED) is 0.783. The minimum Gasteiger partial charge on any atom is -0.464 e. The van der Waals surface area contributed by atoms with Crippen molar-refractivity contribution in [1.82, 2.24) is 10.2 Å². The Bertz CT molecular complexity index is 374. The average Bonchev–Trinajstić information content (AvgIpc) is 2.89. The van der Waals surface area contributed by atoms with Gasteiger partial charge in [-0.15, -0.1) is 10.2 Å². The topological polar surface area (TPSA) is 73.3 Å². The molecule has 6 nitrogen and oxygen atoms in total. The summed E-state index contributed by atoms with van der Waals surface area (Å²) in [5, 5.41) is 10.8. The Balaban J connectivity index is 1.87. The number of aromatic nitrogens is 2. The van der Waals surface area contributed by atoms with E-state index in [0.29, 0.717) is 12.4 Å². The van der Waals surface area contributed by atoms with Crippen molar-refractivity contribution in [2.45, 2.75) is 18.9 Å². The van der Waals surface area contributed by atoms with Crippen LogP contribution in [0.1, 0.15) is 23.3 Å². The van der Waals surface area contributed by atoms with Gasteiger partial charge in [-0.05, 0) is 25.0 Å². The van der Waals surface area contributed by atoms with Gasteiger partial charge in [0.05, 0.1) is 13.2 Å². The molecule has 0 saturated carbocycles. The molecule has 6 heteroatoms. The molecular weight excluding hydrogens is 222 g/mol. The minimum absolute atomic E-state index is 0.204. The van der Waals surface area contributed by atoms with Gasteiger partial charge >= 0.3 is 5.97 Å². The van der Waals surface area contributed by atoms with Crippen molar-refractivity contribution in [2.24, 2.45) is 0 Å². The number of carbonyl (C=O) groups is 1. The first-order valence-electron chi connectivity index (χ1n) is 5.57. The number of hydrogen-bond donors (Lipinski definition) is 1. The lowest BCUT2D eigenvalue weighted by molar-refractivity contribution is 0.0592. The molecule has 0 spiro atoms. The Kier molecular flexibility index (Phi) is 3.87. The standard InChI is InChI=1S/C11H15N3O3/c1-16-11(15)9-4-5-10(14-13-9)12-7-8-3-2-6-17-8/h4-5,8H,2-3,6-7H2,1H3,(H,12,14). The zero-order chi connectivity index (χ0) is 12.1. The first-order chi connectivity index (χ1) is 8.29. The molecular formula is C11H15N3O3. The number of esters is 1. The Morgan fingerprint density at radius 1 is 1.59 bits per heavy atom. The van der Waals surface area contributed by atoms with Gasteiger partial charge in [0.15, 0.2) is 5.69 Å².